The second-order valence-corrected chi connectivity index (χ2v) is 10.4. The summed E-state index contributed by atoms with van der Waals surface area (Å²) in [5, 5.41) is 14.7. The first kappa shape index (κ1) is 28.6. The minimum atomic E-state index is -4.73. The Morgan fingerprint density at radius 1 is 1.02 bits per heavy atom. The fourth-order valence-corrected chi connectivity index (χ4v) is 5.60. The van der Waals surface area contributed by atoms with Gasteiger partial charge >= 0.3 is 6.18 Å². The number of carbonyl (C=O) groups is 1. The molecule has 1 saturated heterocycles. The van der Waals surface area contributed by atoms with Gasteiger partial charge in [-0.1, -0.05) is 30.3 Å². The molecular weight excluding hydrogens is 535 g/mol. The Labute approximate surface area is 236 Å². The molecule has 41 heavy (non-hydrogen) atoms. The quantitative estimate of drug-likeness (QED) is 0.361. The maximum atomic E-state index is 14.3. The molecule has 2 atom stereocenters. The molecule has 1 aliphatic rings. The zero-order chi connectivity index (χ0) is 29.5. The van der Waals surface area contributed by atoms with E-state index < -0.39 is 29.4 Å². The van der Waals surface area contributed by atoms with Crippen LogP contribution in [0.15, 0.2) is 60.8 Å². The fourth-order valence-electron chi connectivity index (χ4n) is 5.60. The van der Waals surface area contributed by atoms with Gasteiger partial charge in [-0.05, 0) is 50.6 Å². The van der Waals surface area contributed by atoms with Crippen LogP contribution < -0.4 is 4.74 Å². The number of ether oxygens (including phenoxy) is 1. The molecule has 8 nitrogen and oxygen atoms in total. The van der Waals surface area contributed by atoms with E-state index in [4.69, 9.17) is 4.74 Å². The minimum absolute atomic E-state index is 0.0000547. The number of nitrogens with zero attached hydrogens (tertiary/aromatic N) is 5. The number of rotatable bonds is 6. The van der Waals surface area contributed by atoms with Gasteiger partial charge in [-0.3, -0.25) is 9.69 Å². The Bertz CT molecular complexity index is 1550. The lowest BCUT2D eigenvalue weighted by molar-refractivity contribution is -0.143. The molecule has 0 saturated carbocycles. The van der Waals surface area contributed by atoms with Crippen molar-refractivity contribution in [2.75, 3.05) is 33.3 Å². The van der Waals surface area contributed by atoms with Crippen molar-refractivity contribution in [3.05, 3.63) is 83.2 Å². The number of methoxy groups -OCH3 is 1. The van der Waals surface area contributed by atoms with Crippen molar-refractivity contribution in [2.24, 2.45) is 0 Å². The molecule has 1 amide bonds. The predicted molar refractivity (Wildman–Crippen MR) is 148 cm³/mol. The van der Waals surface area contributed by atoms with Crippen LogP contribution in [0, 0.1) is 6.92 Å². The first-order valence-corrected chi connectivity index (χ1v) is 13.3. The summed E-state index contributed by atoms with van der Waals surface area (Å²) in [7, 11) is 1.50. The monoisotopic (exact) mass is 567 g/mol. The second-order valence-electron chi connectivity index (χ2n) is 10.4. The Hall–Kier alpha value is -3.96. The Morgan fingerprint density at radius 3 is 2.22 bits per heavy atom. The van der Waals surface area contributed by atoms with Gasteiger partial charge in [0, 0.05) is 37.3 Å². The number of aromatic nitrogens is 3. The minimum Gasteiger partial charge on any atom is -0.497 e. The third-order valence-corrected chi connectivity index (χ3v) is 8.14. The lowest BCUT2D eigenvalue weighted by Crippen LogP contribution is -2.59. The molecule has 2 aromatic heterocycles. The number of piperazine rings is 1. The van der Waals surface area contributed by atoms with Gasteiger partial charge in [0.05, 0.1) is 30.6 Å². The number of fused-ring (bicyclic) bond motifs is 1. The van der Waals surface area contributed by atoms with Crippen molar-refractivity contribution in [1.29, 1.82) is 0 Å². The number of amides is 1. The third-order valence-electron chi connectivity index (χ3n) is 8.14. The van der Waals surface area contributed by atoms with E-state index in [1.807, 2.05) is 37.3 Å². The summed E-state index contributed by atoms with van der Waals surface area (Å²) in [5.74, 6) is 0.116. The summed E-state index contributed by atoms with van der Waals surface area (Å²) < 4.78 is 48.8. The number of aliphatic hydroxyl groups excluding tert-OH is 1. The van der Waals surface area contributed by atoms with Crippen LogP contribution in [0.1, 0.15) is 41.0 Å². The molecule has 4 aromatic rings. The molecule has 2 aromatic carbocycles. The summed E-state index contributed by atoms with van der Waals surface area (Å²) in [6.07, 6.45) is -4.25. The van der Waals surface area contributed by atoms with Crippen molar-refractivity contribution < 1.29 is 27.8 Å². The molecule has 1 unspecified atom stereocenters. The topological polar surface area (TPSA) is 83.2 Å². The van der Waals surface area contributed by atoms with E-state index in [1.54, 1.807) is 36.1 Å². The zero-order valence-electron chi connectivity index (χ0n) is 23.3. The Morgan fingerprint density at radius 2 is 1.66 bits per heavy atom. The van der Waals surface area contributed by atoms with Gasteiger partial charge in [-0.25, -0.2) is 9.50 Å². The maximum absolute atomic E-state index is 14.3. The smallest absolute Gasteiger partial charge is 0.433 e. The standard InChI is InChI=1S/C30H32F3N5O3/c1-19-25(21-10-12-23(41-4)13-11-21)35-27-24(18-34-38(27)26(19)30(31,32)33)28(40)36-14-16-37(17-15-36)29(3,20(2)39)22-8-6-5-7-9-22/h5-13,18,20,39H,14-17H2,1-4H3/t20-,29?/m1/s1. The van der Waals surface area contributed by atoms with Gasteiger partial charge in [0.25, 0.3) is 5.91 Å². The molecule has 0 radical (unpaired) electrons. The largest absolute Gasteiger partial charge is 0.497 e. The van der Waals surface area contributed by atoms with Gasteiger partial charge in [-0.2, -0.15) is 18.3 Å². The van der Waals surface area contributed by atoms with Gasteiger partial charge < -0.3 is 14.7 Å². The summed E-state index contributed by atoms with van der Waals surface area (Å²) in [6.45, 7) is 6.67. The maximum Gasteiger partial charge on any atom is 0.433 e. The number of aliphatic hydroxyl groups is 1. The molecule has 5 rings (SSSR count). The number of halogens is 3. The SMILES string of the molecule is COc1ccc(-c2nc3c(C(=O)N4CCN(C(C)(c5ccccc5)[C@@H](C)O)CC4)cnn3c(C(F)(F)F)c2C)cc1. The predicted octanol–water partition coefficient (Wildman–Crippen LogP) is 4.79. The third kappa shape index (κ3) is 5.04. The summed E-state index contributed by atoms with van der Waals surface area (Å²) in [5.41, 5.74) is -0.362. The highest BCUT2D eigenvalue weighted by Crippen LogP contribution is 2.37. The lowest BCUT2D eigenvalue weighted by Gasteiger charge is -2.47. The van der Waals surface area contributed by atoms with Crippen molar-refractivity contribution in [1.82, 2.24) is 24.4 Å². The highest BCUT2D eigenvalue weighted by Gasteiger charge is 2.41. The van der Waals surface area contributed by atoms with E-state index in [-0.39, 0.29) is 22.5 Å². The summed E-state index contributed by atoms with van der Waals surface area (Å²) in [4.78, 5) is 22.0. The van der Waals surface area contributed by atoms with E-state index in [0.717, 1.165) is 11.8 Å². The average Bonchev–Trinajstić information content (AvgIpc) is 3.38. The highest BCUT2D eigenvalue weighted by molar-refractivity contribution is 6.00. The van der Waals surface area contributed by atoms with Crippen molar-refractivity contribution in [3.8, 4) is 17.0 Å². The van der Waals surface area contributed by atoms with E-state index in [2.05, 4.69) is 15.0 Å². The number of hydrogen-bond donors (Lipinski definition) is 1. The number of hydrogen-bond acceptors (Lipinski definition) is 6. The first-order chi connectivity index (χ1) is 19.5. The molecule has 0 bridgehead atoms. The van der Waals surface area contributed by atoms with Crippen LogP contribution in [0.2, 0.25) is 0 Å². The summed E-state index contributed by atoms with van der Waals surface area (Å²) in [6, 6.07) is 16.2. The van der Waals surface area contributed by atoms with Gasteiger partial charge in [0.15, 0.2) is 11.3 Å². The van der Waals surface area contributed by atoms with Crippen LogP contribution in [-0.4, -0.2) is 74.8 Å². The number of benzene rings is 2. The van der Waals surface area contributed by atoms with E-state index >= 15 is 0 Å². The molecular formula is C30H32F3N5O3. The van der Waals surface area contributed by atoms with Crippen LogP contribution in [0.5, 0.6) is 5.75 Å². The van der Waals surface area contributed by atoms with Crippen LogP contribution in [0.25, 0.3) is 16.9 Å². The lowest BCUT2D eigenvalue weighted by atomic mass is 9.84. The fraction of sp³-hybridized carbons (Fsp3) is 0.367. The molecule has 216 valence electrons. The van der Waals surface area contributed by atoms with Crippen LogP contribution >= 0.6 is 0 Å². The Kier molecular flexibility index (Phi) is 7.52. The number of alkyl halides is 3. The molecule has 1 fully saturated rings. The van der Waals surface area contributed by atoms with E-state index in [1.165, 1.54) is 14.0 Å². The first-order valence-electron chi connectivity index (χ1n) is 13.3. The average molecular weight is 568 g/mol. The summed E-state index contributed by atoms with van der Waals surface area (Å²) >= 11 is 0. The molecule has 11 heteroatoms. The molecule has 3 heterocycles. The second kappa shape index (κ2) is 10.8. The number of carbonyl (C=O) groups excluding carboxylic acids is 1. The molecule has 1 aliphatic heterocycles. The molecule has 1 N–H and O–H groups in total. The van der Waals surface area contributed by atoms with E-state index in [0.29, 0.717) is 42.0 Å². The van der Waals surface area contributed by atoms with Gasteiger partial charge in [-0.15, -0.1) is 0 Å². The zero-order valence-corrected chi connectivity index (χ0v) is 23.3. The highest BCUT2D eigenvalue weighted by atomic mass is 19.4. The van der Waals surface area contributed by atoms with Crippen LogP contribution in [0.3, 0.4) is 0 Å². The van der Waals surface area contributed by atoms with Crippen molar-refractivity contribution >= 4 is 11.6 Å². The van der Waals surface area contributed by atoms with Crippen molar-refractivity contribution in [2.45, 2.75) is 38.6 Å². The molecule has 0 aliphatic carbocycles. The normalized spacial score (nSPS) is 16.9. The van der Waals surface area contributed by atoms with E-state index in [9.17, 15) is 23.1 Å². The van der Waals surface area contributed by atoms with Crippen molar-refractivity contribution in [3.63, 3.8) is 0 Å². The van der Waals surface area contributed by atoms with Crippen LogP contribution in [-0.2, 0) is 11.7 Å². The molecule has 0 spiro atoms. The Balaban J connectivity index is 1.48. The van der Waals surface area contributed by atoms with Gasteiger partial charge in [0.1, 0.15) is 11.3 Å². The van der Waals surface area contributed by atoms with Gasteiger partial charge in [0.2, 0.25) is 0 Å². The van der Waals surface area contributed by atoms with Crippen LogP contribution in [0.4, 0.5) is 13.2 Å².